The molecular formula is C17H25ClO2. The first kappa shape index (κ1) is 15.7. The Morgan fingerprint density at radius 2 is 1.95 bits per heavy atom. The largest absolute Gasteiger partial charge is 0.495 e. The Morgan fingerprint density at radius 3 is 2.45 bits per heavy atom. The van der Waals surface area contributed by atoms with Crippen LogP contribution in [0.5, 0.6) is 5.75 Å². The molecule has 2 rings (SSSR count). The SMILES string of the molecule is COc1ccc(C(O)C2(CC(C)C)CCCC2)cc1Cl. The van der Waals surface area contributed by atoms with E-state index in [0.717, 1.165) is 24.8 Å². The Bertz CT molecular complexity index is 450. The van der Waals surface area contributed by atoms with Gasteiger partial charge in [0.05, 0.1) is 18.2 Å². The number of benzene rings is 1. The molecule has 0 amide bonds. The van der Waals surface area contributed by atoms with E-state index >= 15 is 0 Å². The molecule has 3 heteroatoms. The van der Waals surface area contributed by atoms with Crippen LogP contribution in [0.1, 0.15) is 57.6 Å². The van der Waals surface area contributed by atoms with Crippen LogP contribution in [0.15, 0.2) is 18.2 Å². The van der Waals surface area contributed by atoms with Crippen LogP contribution in [-0.4, -0.2) is 12.2 Å². The highest BCUT2D eigenvalue weighted by atomic mass is 35.5. The van der Waals surface area contributed by atoms with Crippen molar-refractivity contribution in [3.63, 3.8) is 0 Å². The Balaban J connectivity index is 2.27. The van der Waals surface area contributed by atoms with Crippen molar-refractivity contribution in [3.8, 4) is 5.75 Å². The van der Waals surface area contributed by atoms with Gasteiger partial charge in [0.15, 0.2) is 0 Å². The molecule has 1 unspecified atom stereocenters. The predicted octanol–water partition coefficient (Wildman–Crippen LogP) is 4.99. The molecule has 1 aliphatic carbocycles. The minimum atomic E-state index is -0.434. The lowest BCUT2D eigenvalue weighted by Crippen LogP contribution is -2.27. The third-order valence-electron chi connectivity index (χ3n) is 4.49. The molecule has 1 N–H and O–H groups in total. The summed E-state index contributed by atoms with van der Waals surface area (Å²) in [5, 5.41) is 11.5. The highest BCUT2D eigenvalue weighted by Gasteiger charge is 2.41. The maximum absolute atomic E-state index is 10.9. The van der Waals surface area contributed by atoms with Crippen molar-refractivity contribution in [2.24, 2.45) is 11.3 Å². The number of halogens is 1. The summed E-state index contributed by atoms with van der Waals surface area (Å²) in [5.74, 6) is 1.25. The van der Waals surface area contributed by atoms with Gasteiger partial charge in [0.1, 0.15) is 5.75 Å². The first-order valence-electron chi connectivity index (χ1n) is 7.50. The first-order chi connectivity index (χ1) is 9.48. The molecule has 0 heterocycles. The van der Waals surface area contributed by atoms with Crippen LogP contribution in [0, 0.1) is 11.3 Å². The molecule has 20 heavy (non-hydrogen) atoms. The van der Waals surface area contributed by atoms with Crippen molar-refractivity contribution in [1.29, 1.82) is 0 Å². The smallest absolute Gasteiger partial charge is 0.137 e. The van der Waals surface area contributed by atoms with E-state index in [0.29, 0.717) is 16.7 Å². The van der Waals surface area contributed by atoms with Gasteiger partial charge in [-0.2, -0.15) is 0 Å². The fourth-order valence-corrected chi connectivity index (χ4v) is 3.95. The van der Waals surface area contributed by atoms with Gasteiger partial charge in [0.25, 0.3) is 0 Å². The van der Waals surface area contributed by atoms with Gasteiger partial charge >= 0.3 is 0 Å². The van der Waals surface area contributed by atoms with Gasteiger partial charge in [-0.15, -0.1) is 0 Å². The summed E-state index contributed by atoms with van der Waals surface area (Å²) in [6, 6.07) is 5.64. The summed E-state index contributed by atoms with van der Waals surface area (Å²) < 4.78 is 5.18. The number of aliphatic hydroxyl groups excluding tert-OH is 1. The molecule has 0 saturated heterocycles. The van der Waals surface area contributed by atoms with Gasteiger partial charge in [-0.05, 0) is 42.9 Å². The van der Waals surface area contributed by atoms with Gasteiger partial charge in [0, 0.05) is 5.41 Å². The summed E-state index contributed by atoms with van der Waals surface area (Å²) in [7, 11) is 1.61. The second-order valence-electron chi connectivity index (χ2n) is 6.46. The summed E-state index contributed by atoms with van der Waals surface area (Å²) in [6.07, 6.45) is 5.28. The topological polar surface area (TPSA) is 29.5 Å². The maximum Gasteiger partial charge on any atom is 0.137 e. The van der Waals surface area contributed by atoms with E-state index in [4.69, 9.17) is 16.3 Å². The second kappa shape index (κ2) is 6.36. The van der Waals surface area contributed by atoms with Crippen LogP contribution in [0.2, 0.25) is 5.02 Å². The van der Waals surface area contributed by atoms with Crippen molar-refractivity contribution >= 4 is 11.6 Å². The lowest BCUT2D eigenvalue weighted by Gasteiger charge is -2.36. The quantitative estimate of drug-likeness (QED) is 0.829. The lowest BCUT2D eigenvalue weighted by molar-refractivity contribution is 0.0112. The molecule has 1 aromatic rings. The van der Waals surface area contributed by atoms with Gasteiger partial charge < -0.3 is 9.84 Å². The molecule has 1 atom stereocenters. The summed E-state index contributed by atoms with van der Waals surface area (Å²) >= 11 is 6.20. The third-order valence-corrected chi connectivity index (χ3v) is 4.78. The molecule has 2 nitrogen and oxygen atoms in total. The molecule has 112 valence electrons. The summed E-state index contributed by atoms with van der Waals surface area (Å²) in [5.41, 5.74) is 0.935. The molecule has 0 bridgehead atoms. The fraction of sp³-hybridized carbons (Fsp3) is 0.647. The average molecular weight is 297 g/mol. The molecule has 1 aliphatic rings. The van der Waals surface area contributed by atoms with Gasteiger partial charge in [-0.3, -0.25) is 0 Å². The minimum absolute atomic E-state index is 0.0199. The molecule has 0 spiro atoms. The van der Waals surface area contributed by atoms with Crippen LogP contribution >= 0.6 is 11.6 Å². The van der Waals surface area contributed by atoms with E-state index in [-0.39, 0.29) is 5.41 Å². The Morgan fingerprint density at radius 1 is 1.30 bits per heavy atom. The van der Waals surface area contributed by atoms with Gasteiger partial charge in [0.2, 0.25) is 0 Å². The molecule has 0 radical (unpaired) electrons. The van der Waals surface area contributed by atoms with Crippen molar-refractivity contribution < 1.29 is 9.84 Å². The number of ether oxygens (including phenoxy) is 1. The standard InChI is InChI=1S/C17H25ClO2/c1-12(2)11-17(8-4-5-9-17)16(19)13-6-7-15(20-3)14(18)10-13/h6-7,10,12,16,19H,4-5,8-9,11H2,1-3H3. The Labute approximate surface area is 127 Å². The van der Waals surface area contributed by atoms with Crippen molar-refractivity contribution in [3.05, 3.63) is 28.8 Å². The minimum Gasteiger partial charge on any atom is -0.495 e. The average Bonchev–Trinajstić information content (AvgIpc) is 2.86. The number of rotatable bonds is 5. The molecule has 1 saturated carbocycles. The van der Waals surface area contributed by atoms with Gasteiger partial charge in [-0.25, -0.2) is 0 Å². The predicted molar refractivity (Wildman–Crippen MR) is 83.3 cm³/mol. The fourth-order valence-electron chi connectivity index (χ4n) is 3.69. The van der Waals surface area contributed by atoms with E-state index in [1.807, 2.05) is 18.2 Å². The van der Waals surface area contributed by atoms with E-state index < -0.39 is 6.10 Å². The Hall–Kier alpha value is -0.730. The third kappa shape index (κ3) is 3.12. The highest BCUT2D eigenvalue weighted by molar-refractivity contribution is 6.32. The van der Waals surface area contributed by atoms with Crippen molar-refractivity contribution in [2.75, 3.05) is 7.11 Å². The number of methoxy groups -OCH3 is 1. The van der Waals surface area contributed by atoms with Crippen LogP contribution < -0.4 is 4.74 Å². The van der Waals surface area contributed by atoms with Gasteiger partial charge in [-0.1, -0.05) is 44.4 Å². The highest BCUT2D eigenvalue weighted by Crippen LogP contribution is 2.52. The second-order valence-corrected chi connectivity index (χ2v) is 6.87. The van der Waals surface area contributed by atoms with E-state index in [1.165, 1.54) is 12.8 Å². The summed E-state index contributed by atoms with van der Waals surface area (Å²) in [6.45, 7) is 4.46. The first-order valence-corrected chi connectivity index (χ1v) is 7.88. The van der Waals surface area contributed by atoms with Crippen LogP contribution in [0.3, 0.4) is 0 Å². The zero-order valence-electron chi connectivity index (χ0n) is 12.7. The van der Waals surface area contributed by atoms with E-state index in [9.17, 15) is 5.11 Å². The molecule has 1 fully saturated rings. The molecule has 0 aliphatic heterocycles. The summed E-state index contributed by atoms with van der Waals surface area (Å²) in [4.78, 5) is 0. The lowest BCUT2D eigenvalue weighted by atomic mass is 9.72. The van der Waals surface area contributed by atoms with Crippen molar-refractivity contribution in [2.45, 2.75) is 52.1 Å². The number of hydrogen-bond donors (Lipinski definition) is 1. The van der Waals surface area contributed by atoms with Crippen LogP contribution in [0.25, 0.3) is 0 Å². The van der Waals surface area contributed by atoms with Crippen LogP contribution in [0.4, 0.5) is 0 Å². The van der Waals surface area contributed by atoms with E-state index in [2.05, 4.69) is 13.8 Å². The molecule has 0 aromatic heterocycles. The number of aliphatic hydroxyl groups is 1. The normalized spacial score (nSPS) is 19.3. The Kier molecular flexibility index (Phi) is 4.98. The zero-order valence-corrected chi connectivity index (χ0v) is 13.4. The van der Waals surface area contributed by atoms with E-state index in [1.54, 1.807) is 7.11 Å². The molecular weight excluding hydrogens is 272 g/mol. The molecule has 1 aromatic carbocycles. The van der Waals surface area contributed by atoms with Crippen molar-refractivity contribution in [1.82, 2.24) is 0 Å². The monoisotopic (exact) mass is 296 g/mol. The maximum atomic E-state index is 10.9. The zero-order chi connectivity index (χ0) is 14.8. The number of hydrogen-bond acceptors (Lipinski definition) is 2. The van der Waals surface area contributed by atoms with Crippen LogP contribution in [-0.2, 0) is 0 Å².